The number of hydrogen-bond acceptors (Lipinski definition) is 3. The SMILES string of the molecule is O=C(CCc1ccccc1)N1CC2(CC(N3CCCCC3)CO2)C1. The zero-order valence-corrected chi connectivity index (χ0v) is 14.5. The van der Waals surface area contributed by atoms with Crippen LogP contribution in [0.2, 0.25) is 0 Å². The minimum absolute atomic E-state index is 0.0372. The molecule has 130 valence electrons. The fourth-order valence-electron chi connectivity index (χ4n) is 4.44. The third-order valence-electron chi connectivity index (χ3n) is 5.88. The van der Waals surface area contributed by atoms with Crippen LogP contribution < -0.4 is 0 Å². The van der Waals surface area contributed by atoms with Crippen molar-refractivity contribution in [2.75, 3.05) is 32.8 Å². The van der Waals surface area contributed by atoms with E-state index in [2.05, 4.69) is 17.0 Å². The first-order chi connectivity index (χ1) is 11.7. The second-order valence-electron chi connectivity index (χ2n) is 7.68. The van der Waals surface area contributed by atoms with Crippen molar-refractivity contribution in [3.05, 3.63) is 35.9 Å². The molecular formula is C20H28N2O2. The van der Waals surface area contributed by atoms with Gasteiger partial charge in [0.05, 0.1) is 19.7 Å². The number of piperidine rings is 1. The molecule has 3 aliphatic rings. The largest absolute Gasteiger partial charge is 0.370 e. The van der Waals surface area contributed by atoms with Gasteiger partial charge in [0.2, 0.25) is 5.91 Å². The lowest BCUT2D eigenvalue weighted by atomic mass is 9.88. The Labute approximate surface area is 144 Å². The second-order valence-corrected chi connectivity index (χ2v) is 7.68. The maximum absolute atomic E-state index is 12.4. The molecular weight excluding hydrogens is 300 g/mol. The van der Waals surface area contributed by atoms with E-state index in [1.807, 2.05) is 23.1 Å². The zero-order valence-electron chi connectivity index (χ0n) is 14.5. The van der Waals surface area contributed by atoms with Crippen LogP contribution in [0.3, 0.4) is 0 Å². The van der Waals surface area contributed by atoms with Crippen LogP contribution in [0.5, 0.6) is 0 Å². The van der Waals surface area contributed by atoms with E-state index < -0.39 is 0 Å². The molecule has 1 aromatic rings. The van der Waals surface area contributed by atoms with Crippen LogP contribution in [0.1, 0.15) is 37.7 Å². The summed E-state index contributed by atoms with van der Waals surface area (Å²) in [4.78, 5) is 17.0. The summed E-state index contributed by atoms with van der Waals surface area (Å²) in [6.07, 6.45) is 6.58. The van der Waals surface area contributed by atoms with Gasteiger partial charge < -0.3 is 9.64 Å². The van der Waals surface area contributed by atoms with Crippen molar-refractivity contribution in [2.24, 2.45) is 0 Å². The van der Waals surface area contributed by atoms with E-state index in [0.29, 0.717) is 12.5 Å². The number of likely N-dealkylation sites (tertiary alicyclic amines) is 2. The number of ether oxygens (including phenoxy) is 1. The lowest BCUT2D eigenvalue weighted by molar-refractivity contribution is -0.157. The predicted octanol–water partition coefficient (Wildman–Crippen LogP) is 2.48. The summed E-state index contributed by atoms with van der Waals surface area (Å²) in [5.41, 5.74) is 1.20. The first kappa shape index (κ1) is 16.1. The number of nitrogens with zero attached hydrogens (tertiary/aromatic N) is 2. The number of carbonyl (C=O) groups excluding carboxylic acids is 1. The number of aryl methyl sites for hydroxylation is 1. The molecule has 0 aromatic heterocycles. The Balaban J connectivity index is 1.23. The zero-order chi connectivity index (χ0) is 16.4. The molecule has 0 radical (unpaired) electrons. The summed E-state index contributed by atoms with van der Waals surface area (Å²) in [5.74, 6) is 0.273. The van der Waals surface area contributed by atoms with Crippen molar-refractivity contribution in [1.82, 2.24) is 9.80 Å². The van der Waals surface area contributed by atoms with E-state index in [1.54, 1.807) is 0 Å². The van der Waals surface area contributed by atoms with Crippen LogP contribution in [-0.2, 0) is 16.0 Å². The Morgan fingerprint density at radius 1 is 1.12 bits per heavy atom. The fourth-order valence-corrected chi connectivity index (χ4v) is 4.44. The third kappa shape index (κ3) is 3.35. The van der Waals surface area contributed by atoms with Crippen molar-refractivity contribution >= 4 is 5.91 Å². The monoisotopic (exact) mass is 328 g/mol. The number of rotatable bonds is 4. The predicted molar refractivity (Wildman–Crippen MR) is 93.9 cm³/mol. The lowest BCUT2D eigenvalue weighted by Gasteiger charge is -2.47. The summed E-state index contributed by atoms with van der Waals surface area (Å²) in [7, 11) is 0. The van der Waals surface area contributed by atoms with E-state index in [0.717, 1.165) is 32.5 Å². The van der Waals surface area contributed by atoms with Crippen molar-refractivity contribution in [1.29, 1.82) is 0 Å². The van der Waals surface area contributed by atoms with E-state index in [1.165, 1.54) is 37.9 Å². The molecule has 0 aliphatic carbocycles. The molecule has 3 saturated heterocycles. The topological polar surface area (TPSA) is 32.8 Å². The van der Waals surface area contributed by atoms with Crippen molar-refractivity contribution in [3.63, 3.8) is 0 Å². The summed E-state index contributed by atoms with van der Waals surface area (Å²) in [5, 5.41) is 0. The van der Waals surface area contributed by atoms with E-state index in [9.17, 15) is 4.79 Å². The van der Waals surface area contributed by atoms with Gasteiger partial charge in [-0.15, -0.1) is 0 Å². The van der Waals surface area contributed by atoms with Gasteiger partial charge in [0, 0.05) is 12.5 Å². The van der Waals surface area contributed by atoms with Crippen LogP contribution in [0.15, 0.2) is 30.3 Å². The summed E-state index contributed by atoms with van der Waals surface area (Å²) >= 11 is 0. The Kier molecular flexibility index (Phi) is 4.59. The summed E-state index contributed by atoms with van der Waals surface area (Å²) in [6, 6.07) is 10.8. The highest BCUT2D eigenvalue weighted by Gasteiger charge is 2.52. The van der Waals surface area contributed by atoms with Crippen LogP contribution in [0.4, 0.5) is 0 Å². The highest BCUT2D eigenvalue weighted by atomic mass is 16.5. The van der Waals surface area contributed by atoms with Gasteiger partial charge in [0.25, 0.3) is 0 Å². The van der Waals surface area contributed by atoms with Crippen molar-refractivity contribution in [2.45, 2.75) is 50.2 Å². The average Bonchev–Trinajstić information content (AvgIpc) is 3.06. The molecule has 0 bridgehead atoms. The van der Waals surface area contributed by atoms with Gasteiger partial charge in [0.15, 0.2) is 0 Å². The fraction of sp³-hybridized carbons (Fsp3) is 0.650. The molecule has 0 saturated carbocycles. The number of carbonyl (C=O) groups is 1. The lowest BCUT2D eigenvalue weighted by Crippen LogP contribution is -2.63. The van der Waals surface area contributed by atoms with E-state index in [-0.39, 0.29) is 11.5 Å². The molecule has 4 heteroatoms. The minimum atomic E-state index is -0.0372. The van der Waals surface area contributed by atoms with Crippen LogP contribution in [0, 0.1) is 0 Å². The molecule has 3 aliphatic heterocycles. The van der Waals surface area contributed by atoms with Gasteiger partial charge >= 0.3 is 0 Å². The highest BCUT2D eigenvalue weighted by molar-refractivity contribution is 5.77. The third-order valence-corrected chi connectivity index (χ3v) is 5.88. The second kappa shape index (κ2) is 6.85. The molecule has 4 rings (SSSR count). The van der Waals surface area contributed by atoms with Gasteiger partial charge in [-0.3, -0.25) is 9.69 Å². The van der Waals surface area contributed by atoms with Crippen molar-refractivity contribution in [3.8, 4) is 0 Å². The quantitative estimate of drug-likeness (QED) is 0.851. The molecule has 0 N–H and O–H groups in total. The van der Waals surface area contributed by atoms with Gasteiger partial charge in [0.1, 0.15) is 5.60 Å². The Bertz CT molecular complexity index is 562. The van der Waals surface area contributed by atoms with Crippen LogP contribution in [0.25, 0.3) is 0 Å². The maximum Gasteiger partial charge on any atom is 0.223 e. The standard InChI is InChI=1S/C20H28N2O2/c23-19(10-9-17-7-3-1-4-8-17)22-15-20(16-22)13-18(14-24-20)21-11-5-2-6-12-21/h1,3-4,7-8,18H,2,5-6,9-16H2. The number of benzene rings is 1. The normalized spacial score (nSPS) is 26.5. The van der Waals surface area contributed by atoms with Gasteiger partial charge in [-0.05, 0) is 44.3 Å². The van der Waals surface area contributed by atoms with Gasteiger partial charge in [-0.2, -0.15) is 0 Å². The first-order valence-electron chi connectivity index (χ1n) is 9.44. The van der Waals surface area contributed by atoms with Gasteiger partial charge in [-0.1, -0.05) is 36.8 Å². The molecule has 1 aromatic carbocycles. The molecule has 24 heavy (non-hydrogen) atoms. The van der Waals surface area contributed by atoms with Crippen molar-refractivity contribution < 1.29 is 9.53 Å². The first-order valence-corrected chi connectivity index (χ1v) is 9.44. The highest BCUT2D eigenvalue weighted by Crippen LogP contribution is 2.37. The molecule has 4 nitrogen and oxygen atoms in total. The Morgan fingerprint density at radius 3 is 2.62 bits per heavy atom. The summed E-state index contributed by atoms with van der Waals surface area (Å²) in [6.45, 7) is 4.90. The molecule has 1 spiro atoms. The molecule has 3 heterocycles. The smallest absolute Gasteiger partial charge is 0.223 e. The summed E-state index contributed by atoms with van der Waals surface area (Å²) < 4.78 is 6.15. The van der Waals surface area contributed by atoms with Gasteiger partial charge in [-0.25, -0.2) is 0 Å². The van der Waals surface area contributed by atoms with E-state index >= 15 is 0 Å². The Morgan fingerprint density at radius 2 is 1.88 bits per heavy atom. The maximum atomic E-state index is 12.4. The minimum Gasteiger partial charge on any atom is -0.370 e. The van der Waals surface area contributed by atoms with E-state index in [4.69, 9.17) is 4.74 Å². The molecule has 1 unspecified atom stereocenters. The number of amides is 1. The molecule has 3 fully saturated rings. The van der Waals surface area contributed by atoms with Crippen LogP contribution in [-0.4, -0.2) is 60.1 Å². The average molecular weight is 328 g/mol. The molecule has 1 amide bonds. The molecule has 1 atom stereocenters. The number of hydrogen-bond donors (Lipinski definition) is 0. The van der Waals surface area contributed by atoms with Crippen LogP contribution >= 0.6 is 0 Å². The Hall–Kier alpha value is -1.39.